The van der Waals surface area contributed by atoms with Crippen molar-refractivity contribution in [2.75, 3.05) is 13.2 Å². The molecule has 14 heavy (non-hydrogen) atoms. The van der Waals surface area contributed by atoms with Gasteiger partial charge in [-0.1, -0.05) is 18.9 Å². The van der Waals surface area contributed by atoms with Crippen molar-refractivity contribution >= 4 is 5.78 Å². The van der Waals surface area contributed by atoms with E-state index in [-0.39, 0.29) is 19.0 Å². The van der Waals surface area contributed by atoms with Crippen LogP contribution in [-0.4, -0.2) is 40.4 Å². The Balaban J connectivity index is 3.57. The summed E-state index contributed by atoms with van der Waals surface area (Å²) in [4.78, 5) is 11.1. The van der Waals surface area contributed by atoms with Crippen LogP contribution in [0.15, 0.2) is 12.2 Å². The van der Waals surface area contributed by atoms with E-state index >= 15 is 0 Å². The van der Waals surface area contributed by atoms with Crippen molar-refractivity contribution in [1.82, 2.24) is 0 Å². The van der Waals surface area contributed by atoms with Gasteiger partial charge in [0.05, 0.1) is 6.61 Å². The summed E-state index contributed by atoms with van der Waals surface area (Å²) in [6, 6.07) is 0. The summed E-state index contributed by atoms with van der Waals surface area (Å²) in [6.07, 6.45) is 4.17. The van der Waals surface area contributed by atoms with E-state index in [9.17, 15) is 9.90 Å². The number of unbranched alkanes of at least 4 members (excludes halogenated alkanes) is 2. The lowest BCUT2D eigenvalue weighted by molar-refractivity contribution is -0.122. The van der Waals surface area contributed by atoms with Crippen molar-refractivity contribution < 1.29 is 20.1 Å². The normalized spacial score (nSPS) is 13.4. The Hall–Kier alpha value is -0.710. The van der Waals surface area contributed by atoms with Gasteiger partial charge in [-0.3, -0.25) is 4.79 Å². The van der Waals surface area contributed by atoms with Gasteiger partial charge in [0.2, 0.25) is 0 Å². The molecule has 0 rings (SSSR count). The highest BCUT2D eigenvalue weighted by Gasteiger charge is 2.10. The van der Waals surface area contributed by atoms with Gasteiger partial charge in [-0.2, -0.15) is 0 Å². The van der Waals surface area contributed by atoms with Crippen LogP contribution in [0.25, 0.3) is 0 Å². The smallest absolute Gasteiger partial charge is 0.183 e. The number of hydrogen-bond donors (Lipinski definition) is 3. The monoisotopic (exact) mass is 202 g/mol. The standard InChI is InChI=1S/C10H18O4/c11-7-3-1-2-5-9(13)10(14)6-4-8-12/h4,6,9,11-13H,1-3,5,7-8H2. The summed E-state index contributed by atoms with van der Waals surface area (Å²) in [7, 11) is 0. The third-order valence-electron chi connectivity index (χ3n) is 1.85. The average molecular weight is 202 g/mol. The number of rotatable bonds is 8. The van der Waals surface area contributed by atoms with Crippen LogP contribution in [0.2, 0.25) is 0 Å². The van der Waals surface area contributed by atoms with Crippen LogP contribution < -0.4 is 0 Å². The molecule has 0 aliphatic rings. The molecule has 0 radical (unpaired) electrons. The summed E-state index contributed by atoms with van der Waals surface area (Å²) < 4.78 is 0. The molecule has 82 valence electrons. The molecule has 0 saturated carbocycles. The van der Waals surface area contributed by atoms with Crippen molar-refractivity contribution in [1.29, 1.82) is 0 Å². The maximum Gasteiger partial charge on any atom is 0.183 e. The second-order valence-corrected chi connectivity index (χ2v) is 3.08. The Labute approximate surface area is 83.9 Å². The first-order valence-electron chi connectivity index (χ1n) is 4.82. The highest BCUT2D eigenvalue weighted by molar-refractivity contribution is 5.93. The molecule has 4 heteroatoms. The van der Waals surface area contributed by atoms with E-state index in [2.05, 4.69) is 0 Å². The Kier molecular flexibility index (Phi) is 8.42. The first-order chi connectivity index (χ1) is 6.72. The highest BCUT2D eigenvalue weighted by atomic mass is 16.3. The zero-order chi connectivity index (χ0) is 10.8. The summed E-state index contributed by atoms with van der Waals surface area (Å²) in [5.74, 6) is -0.372. The minimum atomic E-state index is -0.975. The predicted molar refractivity (Wildman–Crippen MR) is 52.8 cm³/mol. The Morgan fingerprint density at radius 3 is 2.50 bits per heavy atom. The summed E-state index contributed by atoms with van der Waals surface area (Å²) in [5.41, 5.74) is 0. The highest BCUT2D eigenvalue weighted by Crippen LogP contribution is 2.04. The van der Waals surface area contributed by atoms with Gasteiger partial charge in [0.1, 0.15) is 6.10 Å². The van der Waals surface area contributed by atoms with Crippen LogP contribution in [0.5, 0.6) is 0 Å². The van der Waals surface area contributed by atoms with Crippen molar-refractivity contribution in [3.8, 4) is 0 Å². The Morgan fingerprint density at radius 2 is 1.93 bits per heavy atom. The lowest BCUT2D eigenvalue weighted by Crippen LogP contribution is -2.17. The maximum absolute atomic E-state index is 11.1. The lowest BCUT2D eigenvalue weighted by Gasteiger charge is -2.05. The zero-order valence-electron chi connectivity index (χ0n) is 8.22. The lowest BCUT2D eigenvalue weighted by atomic mass is 10.1. The Morgan fingerprint density at radius 1 is 1.21 bits per heavy atom. The molecule has 4 nitrogen and oxygen atoms in total. The number of hydrogen-bond acceptors (Lipinski definition) is 4. The van der Waals surface area contributed by atoms with Crippen molar-refractivity contribution in [2.24, 2.45) is 0 Å². The largest absolute Gasteiger partial charge is 0.396 e. The number of carbonyl (C=O) groups is 1. The molecule has 0 aliphatic heterocycles. The molecule has 1 atom stereocenters. The van der Waals surface area contributed by atoms with E-state index in [0.29, 0.717) is 12.8 Å². The van der Waals surface area contributed by atoms with Crippen LogP contribution in [0.4, 0.5) is 0 Å². The molecule has 0 fully saturated rings. The van der Waals surface area contributed by atoms with Crippen molar-refractivity contribution in [3.05, 3.63) is 12.2 Å². The quantitative estimate of drug-likeness (QED) is 0.383. The van der Waals surface area contributed by atoms with Gasteiger partial charge in [-0.15, -0.1) is 0 Å². The fraction of sp³-hybridized carbons (Fsp3) is 0.700. The number of ketones is 1. The molecule has 0 spiro atoms. The number of aliphatic hydroxyl groups excluding tert-OH is 3. The molecule has 0 aromatic rings. The SMILES string of the molecule is O=C(C=CCO)C(O)CCCCCO. The van der Waals surface area contributed by atoms with Crippen LogP contribution in [0.3, 0.4) is 0 Å². The minimum Gasteiger partial charge on any atom is -0.396 e. The first kappa shape index (κ1) is 13.3. The van der Waals surface area contributed by atoms with Gasteiger partial charge in [0.15, 0.2) is 5.78 Å². The molecule has 0 bridgehead atoms. The van der Waals surface area contributed by atoms with Gasteiger partial charge in [-0.05, 0) is 18.9 Å². The second kappa shape index (κ2) is 8.87. The molecule has 0 aromatic carbocycles. The maximum atomic E-state index is 11.1. The number of carbonyl (C=O) groups excluding carboxylic acids is 1. The van der Waals surface area contributed by atoms with E-state index in [1.165, 1.54) is 12.2 Å². The average Bonchev–Trinajstić information content (AvgIpc) is 2.20. The van der Waals surface area contributed by atoms with E-state index < -0.39 is 6.10 Å². The molecule has 0 amide bonds. The van der Waals surface area contributed by atoms with Gasteiger partial charge in [0.25, 0.3) is 0 Å². The van der Waals surface area contributed by atoms with E-state index in [4.69, 9.17) is 10.2 Å². The first-order valence-corrected chi connectivity index (χ1v) is 4.82. The molecule has 0 saturated heterocycles. The summed E-state index contributed by atoms with van der Waals surface area (Å²) in [5, 5.41) is 26.2. The molecule has 1 unspecified atom stereocenters. The fourth-order valence-electron chi connectivity index (χ4n) is 1.05. The van der Waals surface area contributed by atoms with Crippen LogP contribution in [0.1, 0.15) is 25.7 Å². The number of aliphatic hydroxyl groups is 3. The molecular weight excluding hydrogens is 184 g/mol. The predicted octanol–water partition coefficient (Wildman–Crippen LogP) is 0.0176. The van der Waals surface area contributed by atoms with Crippen LogP contribution in [0, 0.1) is 0 Å². The molecular formula is C10H18O4. The van der Waals surface area contributed by atoms with Crippen LogP contribution in [-0.2, 0) is 4.79 Å². The van der Waals surface area contributed by atoms with Gasteiger partial charge >= 0.3 is 0 Å². The van der Waals surface area contributed by atoms with Crippen molar-refractivity contribution in [3.63, 3.8) is 0 Å². The third kappa shape index (κ3) is 6.77. The van der Waals surface area contributed by atoms with Gasteiger partial charge < -0.3 is 15.3 Å². The van der Waals surface area contributed by atoms with Crippen LogP contribution >= 0.6 is 0 Å². The zero-order valence-corrected chi connectivity index (χ0v) is 8.22. The van der Waals surface area contributed by atoms with Crippen molar-refractivity contribution in [2.45, 2.75) is 31.8 Å². The molecule has 0 aromatic heterocycles. The topological polar surface area (TPSA) is 77.8 Å². The third-order valence-corrected chi connectivity index (χ3v) is 1.85. The van der Waals surface area contributed by atoms with E-state index in [0.717, 1.165) is 12.8 Å². The summed E-state index contributed by atoms with van der Waals surface area (Å²) in [6.45, 7) is -0.0442. The molecule has 0 aliphatic carbocycles. The Bertz CT molecular complexity index is 177. The molecule has 3 N–H and O–H groups in total. The summed E-state index contributed by atoms with van der Waals surface area (Å²) >= 11 is 0. The van der Waals surface area contributed by atoms with Gasteiger partial charge in [0, 0.05) is 6.61 Å². The van der Waals surface area contributed by atoms with E-state index in [1.807, 2.05) is 0 Å². The minimum absolute atomic E-state index is 0.147. The van der Waals surface area contributed by atoms with E-state index in [1.54, 1.807) is 0 Å². The fourth-order valence-corrected chi connectivity index (χ4v) is 1.05. The molecule has 0 heterocycles. The van der Waals surface area contributed by atoms with Gasteiger partial charge in [-0.25, -0.2) is 0 Å². The second-order valence-electron chi connectivity index (χ2n) is 3.08.